The fourth-order valence-electron chi connectivity index (χ4n) is 2.30. The van der Waals surface area contributed by atoms with E-state index in [0.717, 1.165) is 6.20 Å². The van der Waals surface area contributed by atoms with Crippen molar-refractivity contribution < 1.29 is 8.91 Å². The highest BCUT2D eigenvalue weighted by Gasteiger charge is 2.16. The lowest BCUT2D eigenvalue weighted by molar-refractivity contribution is 0.357. The zero-order valence-corrected chi connectivity index (χ0v) is 10.5. The summed E-state index contributed by atoms with van der Waals surface area (Å²) in [6.07, 6.45) is 6.13. The SMILES string of the molecule is Fc1ccc(-c2noc(CNC3CCCC3)n2)nc1. The molecule has 1 aliphatic rings. The maximum absolute atomic E-state index is 12.8. The minimum atomic E-state index is -0.379. The van der Waals surface area contributed by atoms with Crippen molar-refractivity contribution in [3.63, 3.8) is 0 Å². The number of hydrogen-bond donors (Lipinski definition) is 1. The van der Waals surface area contributed by atoms with Gasteiger partial charge in [0.25, 0.3) is 0 Å². The molecule has 1 fully saturated rings. The number of rotatable bonds is 4. The van der Waals surface area contributed by atoms with E-state index in [-0.39, 0.29) is 5.82 Å². The molecular formula is C13H15FN4O. The van der Waals surface area contributed by atoms with Crippen LogP contribution >= 0.6 is 0 Å². The first-order chi connectivity index (χ1) is 9.31. The fraction of sp³-hybridized carbons (Fsp3) is 0.462. The van der Waals surface area contributed by atoms with Crippen molar-refractivity contribution >= 4 is 0 Å². The molecule has 0 radical (unpaired) electrons. The van der Waals surface area contributed by atoms with Gasteiger partial charge in [0.15, 0.2) is 0 Å². The average molecular weight is 262 g/mol. The Hall–Kier alpha value is -1.82. The fourth-order valence-corrected chi connectivity index (χ4v) is 2.30. The van der Waals surface area contributed by atoms with Gasteiger partial charge >= 0.3 is 0 Å². The quantitative estimate of drug-likeness (QED) is 0.916. The van der Waals surface area contributed by atoms with E-state index < -0.39 is 0 Å². The summed E-state index contributed by atoms with van der Waals surface area (Å²) in [5.41, 5.74) is 0.511. The van der Waals surface area contributed by atoms with Crippen molar-refractivity contribution in [3.05, 3.63) is 30.0 Å². The summed E-state index contributed by atoms with van der Waals surface area (Å²) in [7, 11) is 0. The van der Waals surface area contributed by atoms with E-state index in [1.165, 1.54) is 37.8 Å². The Balaban J connectivity index is 1.63. The van der Waals surface area contributed by atoms with Crippen LogP contribution in [0.25, 0.3) is 11.5 Å². The molecule has 0 amide bonds. The topological polar surface area (TPSA) is 63.8 Å². The molecular weight excluding hydrogens is 247 g/mol. The highest BCUT2D eigenvalue weighted by atomic mass is 19.1. The lowest BCUT2D eigenvalue weighted by atomic mass is 10.2. The minimum Gasteiger partial charge on any atom is -0.337 e. The van der Waals surface area contributed by atoms with Crippen LogP contribution in [-0.4, -0.2) is 21.2 Å². The predicted octanol–water partition coefficient (Wildman–Crippen LogP) is 2.30. The van der Waals surface area contributed by atoms with Crippen molar-refractivity contribution in [3.8, 4) is 11.5 Å². The maximum Gasteiger partial charge on any atom is 0.240 e. The first-order valence-electron chi connectivity index (χ1n) is 6.49. The van der Waals surface area contributed by atoms with E-state index in [2.05, 4.69) is 20.4 Å². The van der Waals surface area contributed by atoms with Crippen LogP contribution in [0.1, 0.15) is 31.6 Å². The molecule has 0 atom stereocenters. The summed E-state index contributed by atoms with van der Waals surface area (Å²) in [6, 6.07) is 3.42. The number of halogens is 1. The van der Waals surface area contributed by atoms with Gasteiger partial charge in [-0.05, 0) is 25.0 Å². The summed E-state index contributed by atoms with van der Waals surface area (Å²) < 4.78 is 17.9. The third-order valence-corrected chi connectivity index (χ3v) is 3.32. The third-order valence-electron chi connectivity index (χ3n) is 3.32. The second kappa shape index (κ2) is 5.44. The zero-order valence-electron chi connectivity index (χ0n) is 10.5. The van der Waals surface area contributed by atoms with E-state index >= 15 is 0 Å². The Bertz CT molecular complexity index is 534. The van der Waals surface area contributed by atoms with Crippen LogP contribution in [0, 0.1) is 5.82 Å². The molecule has 1 N–H and O–H groups in total. The lowest BCUT2D eigenvalue weighted by Gasteiger charge is -2.08. The van der Waals surface area contributed by atoms with Crippen molar-refractivity contribution in [2.24, 2.45) is 0 Å². The Morgan fingerprint density at radius 2 is 2.16 bits per heavy atom. The molecule has 3 rings (SSSR count). The smallest absolute Gasteiger partial charge is 0.240 e. The summed E-state index contributed by atoms with van der Waals surface area (Å²) in [4.78, 5) is 8.16. The molecule has 5 nitrogen and oxygen atoms in total. The van der Waals surface area contributed by atoms with Crippen LogP contribution in [0.3, 0.4) is 0 Å². The van der Waals surface area contributed by atoms with Gasteiger partial charge in [0.1, 0.15) is 11.5 Å². The molecule has 0 aromatic carbocycles. The van der Waals surface area contributed by atoms with E-state index in [1.807, 2.05) is 0 Å². The molecule has 0 aliphatic heterocycles. The van der Waals surface area contributed by atoms with Crippen molar-refractivity contribution in [2.75, 3.05) is 0 Å². The van der Waals surface area contributed by atoms with Crippen molar-refractivity contribution in [1.82, 2.24) is 20.4 Å². The van der Waals surface area contributed by atoms with E-state index in [4.69, 9.17) is 4.52 Å². The van der Waals surface area contributed by atoms with Gasteiger partial charge in [0.05, 0.1) is 12.7 Å². The Morgan fingerprint density at radius 3 is 2.89 bits per heavy atom. The lowest BCUT2D eigenvalue weighted by Crippen LogP contribution is -2.25. The number of aromatic nitrogens is 3. The Kier molecular flexibility index (Phi) is 3.50. The summed E-state index contributed by atoms with van der Waals surface area (Å²) >= 11 is 0. The molecule has 2 heterocycles. The standard InChI is InChI=1S/C13H15FN4O/c14-9-5-6-11(16-7-9)13-17-12(19-18-13)8-15-10-3-1-2-4-10/h5-7,10,15H,1-4,8H2. The van der Waals surface area contributed by atoms with E-state index in [0.29, 0.717) is 30.0 Å². The van der Waals surface area contributed by atoms with Gasteiger partial charge in [-0.25, -0.2) is 9.37 Å². The molecule has 100 valence electrons. The van der Waals surface area contributed by atoms with E-state index in [1.54, 1.807) is 0 Å². The highest BCUT2D eigenvalue weighted by Crippen LogP contribution is 2.18. The molecule has 2 aromatic rings. The van der Waals surface area contributed by atoms with Gasteiger partial charge in [-0.1, -0.05) is 18.0 Å². The number of pyridine rings is 1. The van der Waals surface area contributed by atoms with Gasteiger partial charge in [-0.15, -0.1) is 0 Å². The van der Waals surface area contributed by atoms with Gasteiger partial charge in [-0.2, -0.15) is 4.98 Å². The monoisotopic (exact) mass is 262 g/mol. The highest BCUT2D eigenvalue weighted by molar-refractivity contribution is 5.47. The third kappa shape index (κ3) is 2.96. The molecule has 6 heteroatoms. The van der Waals surface area contributed by atoms with Crippen LogP contribution in [-0.2, 0) is 6.54 Å². The average Bonchev–Trinajstić information content (AvgIpc) is 3.09. The van der Waals surface area contributed by atoms with Crippen LogP contribution in [0.15, 0.2) is 22.9 Å². The van der Waals surface area contributed by atoms with Crippen LogP contribution in [0.4, 0.5) is 4.39 Å². The second-order valence-corrected chi connectivity index (χ2v) is 4.74. The van der Waals surface area contributed by atoms with E-state index in [9.17, 15) is 4.39 Å². The molecule has 2 aromatic heterocycles. The molecule has 0 spiro atoms. The van der Waals surface area contributed by atoms with Crippen molar-refractivity contribution in [2.45, 2.75) is 38.3 Å². The Morgan fingerprint density at radius 1 is 1.32 bits per heavy atom. The number of nitrogens with zero attached hydrogens (tertiary/aromatic N) is 3. The van der Waals surface area contributed by atoms with Gasteiger partial charge in [0.2, 0.25) is 11.7 Å². The first-order valence-corrected chi connectivity index (χ1v) is 6.49. The molecule has 0 unspecified atom stereocenters. The van der Waals surface area contributed by atoms with Crippen LogP contribution in [0.5, 0.6) is 0 Å². The summed E-state index contributed by atoms with van der Waals surface area (Å²) in [5.74, 6) is 0.548. The minimum absolute atomic E-state index is 0.379. The van der Waals surface area contributed by atoms with Gasteiger partial charge < -0.3 is 9.84 Å². The van der Waals surface area contributed by atoms with Crippen LogP contribution in [0.2, 0.25) is 0 Å². The molecule has 0 bridgehead atoms. The van der Waals surface area contributed by atoms with Gasteiger partial charge in [-0.3, -0.25) is 0 Å². The van der Waals surface area contributed by atoms with Gasteiger partial charge in [0, 0.05) is 6.04 Å². The molecule has 19 heavy (non-hydrogen) atoms. The first kappa shape index (κ1) is 12.2. The molecule has 1 saturated carbocycles. The number of hydrogen-bond acceptors (Lipinski definition) is 5. The normalized spacial score (nSPS) is 16.1. The predicted molar refractivity (Wildman–Crippen MR) is 66.6 cm³/mol. The van der Waals surface area contributed by atoms with Crippen LogP contribution < -0.4 is 5.32 Å². The number of nitrogens with one attached hydrogen (secondary N) is 1. The molecule has 0 saturated heterocycles. The maximum atomic E-state index is 12.8. The Labute approximate surface area is 110 Å². The van der Waals surface area contributed by atoms with Crippen molar-refractivity contribution in [1.29, 1.82) is 0 Å². The largest absolute Gasteiger partial charge is 0.337 e. The molecule has 1 aliphatic carbocycles. The zero-order chi connectivity index (χ0) is 13.1. The summed E-state index contributed by atoms with van der Waals surface area (Å²) in [5, 5.41) is 7.25. The second-order valence-electron chi connectivity index (χ2n) is 4.74. The summed E-state index contributed by atoms with van der Waals surface area (Å²) in [6.45, 7) is 0.568.